The molecule has 0 aliphatic carbocycles. The van der Waals surface area contributed by atoms with Gasteiger partial charge < -0.3 is 10.1 Å². The Balaban J connectivity index is 2.18. The number of nitrogens with zero attached hydrogens (tertiary/aromatic N) is 2. The number of carbonyl (C=O) groups is 1. The first-order valence-corrected chi connectivity index (χ1v) is 8.32. The molecule has 0 aliphatic heterocycles. The van der Waals surface area contributed by atoms with Gasteiger partial charge >= 0.3 is 6.36 Å². The number of hydrogen-bond acceptors (Lipinski definition) is 4. The van der Waals surface area contributed by atoms with Crippen molar-refractivity contribution in [2.24, 2.45) is 0 Å². The van der Waals surface area contributed by atoms with Crippen molar-refractivity contribution in [3.63, 3.8) is 0 Å². The first-order valence-electron chi connectivity index (χ1n) is 7.94. The minimum atomic E-state index is -5.05. The Kier molecular flexibility index (Phi) is 5.28. The summed E-state index contributed by atoms with van der Waals surface area (Å²) in [6, 6.07) is 9.86. The molecule has 0 atom stereocenters. The maximum absolute atomic E-state index is 12.8. The number of nitrogens with one attached hydrogen (secondary N) is 1. The number of alkyl halides is 3. The number of benzene rings is 2. The molecule has 28 heavy (non-hydrogen) atoms. The lowest BCUT2D eigenvalue weighted by atomic mass is 10.2. The maximum Gasteiger partial charge on any atom is 0.573 e. The molecule has 0 spiro atoms. The Morgan fingerprint density at radius 1 is 1.29 bits per heavy atom. The number of ether oxygens (including phenoxy) is 1. The van der Waals surface area contributed by atoms with Crippen LogP contribution in [-0.4, -0.2) is 21.8 Å². The van der Waals surface area contributed by atoms with Crippen LogP contribution in [0.1, 0.15) is 12.5 Å². The van der Waals surface area contributed by atoms with Gasteiger partial charge in [0.2, 0.25) is 5.91 Å². The van der Waals surface area contributed by atoms with Gasteiger partial charge in [-0.05, 0) is 11.6 Å². The number of rotatable bonds is 4. The number of amides is 1. The van der Waals surface area contributed by atoms with Crippen molar-refractivity contribution in [3.8, 4) is 5.75 Å². The second-order valence-corrected chi connectivity index (χ2v) is 6.23. The van der Waals surface area contributed by atoms with E-state index in [9.17, 15) is 22.8 Å². The van der Waals surface area contributed by atoms with Crippen molar-refractivity contribution in [2.75, 3.05) is 5.32 Å². The number of carbonyl (C=O) groups excluding carboxylic acids is 1. The molecule has 0 saturated heterocycles. The lowest BCUT2D eigenvalue weighted by Gasteiger charge is -2.16. The third-order valence-electron chi connectivity index (χ3n) is 3.74. The minimum absolute atomic E-state index is 0.0470. The smallest absolute Gasteiger partial charge is 0.403 e. The Morgan fingerprint density at radius 3 is 2.57 bits per heavy atom. The molecule has 0 radical (unpaired) electrons. The summed E-state index contributed by atoms with van der Waals surface area (Å²) in [5, 5.41) is 1.69. The van der Waals surface area contributed by atoms with Crippen LogP contribution in [0.15, 0.2) is 47.5 Å². The summed E-state index contributed by atoms with van der Waals surface area (Å²) in [6.07, 6.45) is -3.80. The third-order valence-corrected chi connectivity index (χ3v) is 4.11. The molecule has 146 valence electrons. The molecule has 1 N–H and O–H groups in total. The molecule has 3 aromatic rings. The fourth-order valence-electron chi connectivity index (χ4n) is 2.63. The maximum atomic E-state index is 12.8. The van der Waals surface area contributed by atoms with Crippen LogP contribution in [0.3, 0.4) is 0 Å². The molecule has 1 heterocycles. The predicted octanol–water partition coefficient (Wildman–Crippen LogP) is 3.96. The molecule has 0 unspecified atom stereocenters. The molecular formula is C18H13ClF3N3O3. The van der Waals surface area contributed by atoms with Crippen molar-refractivity contribution in [2.45, 2.75) is 19.8 Å². The van der Waals surface area contributed by atoms with Gasteiger partial charge in [0.1, 0.15) is 5.69 Å². The third kappa shape index (κ3) is 4.25. The highest BCUT2D eigenvalue weighted by Crippen LogP contribution is 2.39. The zero-order chi connectivity index (χ0) is 20.5. The van der Waals surface area contributed by atoms with Crippen LogP contribution >= 0.6 is 11.6 Å². The second kappa shape index (κ2) is 7.51. The number of aromatic nitrogens is 2. The fraction of sp³-hybridized carbons (Fsp3) is 0.167. The Labute approximate surface area is 161 Å². The zero-order valence-corrected chi connectivity index (χ0v) is 15.1. The number of anilines is 1. The van der Waals surface area contributed by atoms with E-state index in [-0.39, 0.29) is 22.5 Å². The highest BCUT2D eigenvalue weighted by Gasteiger charge is 2.33. The predicted molar refractivity (Wildman–Crippen MR) is 97.5 cm³/mol. The van der Waals surface area contributed by atoms with Crippen LogP contribution in [0.25, 0.3) is 10.9 Å². The molecule has 1 amide bonds. The molecule has 1 aromatic heterocycles. The highest BCUT2D eigenvalue weighted by atomic mass is 35.5. The van der Waals surface area contributed by atoms with Crippen LogP contribution in [0, 0.1) is 0 Å². The van der Waals surface area contributed by atoms with Gasteiger partial charge in [-0.3, -0.25) is 14.2 Å². The molecular weight excluding hydrogens is 399 g/mol. The van der Waals surface area contributed by atoms with Crippen LogP contribution in [0.5, 0.6) is 5.75 Å². The van der Waals surface area contributed by atoms with Crippen LogP contribution in [-0.2, 0) is 11.3 Å². The van der Waals surface area contributed by atoms with E-state index in [4.69, 9.17) is 11.6 Å². The number of halogens is 4. The second-order valence-electron chi connectivity index (χ2n) is 5.85. The van der Waals surface area contributed by atoms with E-state index in [2.05, 4.69) is 15.0 Å². The Bertz CT molecular complexity index is 1100. The van der Waals surface area contributed by atoms with Crippen molar-refractivity contribution in [3.05, 3.63) is 63.7 Å². The van der Waals surface area contributed by atoms with E-state index in [0.717, 1.165) is 18.6 Å². The van der Waals surface area contributed by atoms with E-state index < -0.39 is 29.3 Å². The van der Waals surface area contributed by atoms with Crippen LogP contribution in [0.4, 0.5) is 18.9 Å². The largest absolute Gasteiger partial charge is 0.573 e. The van der Waals surface area contributed by atoms with E-state index >= 15 is 0 Å². The normalized spacial score (nSPS) is 11.5. The van der Waals surface area contributed by atoms with E-state index in [1.54, 1.807) is 24.3 Å². The molecule has 6 nitrogen and oxygen atoms in total. The Morgan fingerprint density at radius 2 is 1.96 bits per heavy atom. The average Bonchev–Trinajstić information content (AvgIpc) is 2.60. The summed E-state index contributed by atoms with van der Waals surface area (Å²) >= 11 is 6.13. The molecule has 3 rings (SSSR count). The van der Waals surface area contributed by atoms with Gasteiger partial charge in [0.05, 0.1) is 28.8 Å². The van der Waals surface area contributed by atoms with Gasteiger partial charge in [-0.2, -0.15) is 0 Å². The SMILES string of the molecule is CC(=O)Nc1c(OC(F)(F)F)cc2c(=O)n(Cc3ccccc3)cnc2c1Cl. The number of hydrogen-bond donors (Lipinski definition) is 1. The molecule has 0 saturated carbocycles. The van der Waals surface area contributed by atoms with Crippen molar-refractivity contribution >= 4 is 34.1 Å². The standard InChI is InChI=1S/C18H13ClF3N3O3/c1-10(26)24-16-13(28-18(20,21)22)7-12-15(14(16)19)23-9-25(17(12)27)8-11-5-3-2-4-6-11/h2-7,9H,8H2,1H3,(H,24,26). The lowest BCUT2D eigenvalue weighted by Crippen LogP contribution is -2.23. The van der Waals surface area contributed by atoms with Crippen molar-refractivity contribution in [1.29, 1.82) is 0 Å². The molecule has 0 aliphatic rings. The van der Waals surface area contributed by atoms with Crippen LogP contribution in [0.2, 0.25) is 5.02 Å². The van der Waals surface area contributed by atoms with Gasteiger partial charge in [-0.15, -0.1) is 13.2 Å². The van der Waals surface area contributed by atoms with Gasteiger partial charge in [0.15, 0.2) is 5.75 Å². The average molecular weight is 412 g/mol. The summed E-state index contributed by atoms with van der Waals surface area (Å²) in [5.41, 5.74) is -0.253. The van der Waals surface area contributed by atoms with Crippen molar-refractivity contribution < 1.29 is 22.7 Å². The first-order chi connectivity index (χ1) is 13.2. The molecule has 0 bridgehead atoms. The summed E-state index contributed by atoms with van der Waals surface area (Å²) in [5.74, 6) is -1.46. The number of fused-ring (bicyclic) bond motifs is 1. The fourth-order valence-corrected chi connectivity index (χ4v) is 2.92. The minimum Gasteiger partial charge on any atom is -0.403 e. The quantitative estimate of drug-likeness (QED) is 0.705. The van der Waals surface area contributed by atoms with Gasteiger partial charge in [0, 0.05) is 6.92 Å². The summed E-state index contributed by atoms with van der Waals surface area (Å²) in [7, 11) is 0. The Hall–Kier alpha value is -3.07. The monoisotopic (exact) mass is 411 g/mol. The molecule has 10 heteroatoms. The van der Waals surface area contributed by atoms with Gasteiger partial charge in [-0.25, -0.2) is 4.98 Å². The van der Waals surface area contributed by atoms with Crippen LogP contribution < -0.4 is 15.6 Å². The summed E-state index contributed by atoms with van der Waals surface area (Å²) in [4.78, 5) is 28.2. The topological polar surface area (TPSA) is 73.2 Å². The van der Waals surface area contributed by atoms with Gasteiger partial charge in [0.25, 0.3) is 5.56 Å². The van der Waals surface area contributed by atoms with E-state index in [0.29, 0.717) is 0 Å². The van der Waals surface area contributed by atoms with E-state index in [1.807, 2.05) is 6.07 Å². The highest BCUT2D eigenvalue weighted by molar-refractivity contribution is 6.38. The lowest BCUT2D eigenvalue weighted by molar-refractivity contribution is -0.274. The molecule has 2 aromatic carbocycles. The van der Waals surface area contributed by atoms with Gasteiger partial charge in [-0.1, -0.05) is 41.9 Å². The zero-order valence-electron chi connectivity index (χ0n) is 14.4. The van der Waals surface area contributed by atoms with E-state index in [1.165, 1.54) is 10.9 Å². The van der Waals surface area contributed by atoms with Crippen molar-refractivity contribution in [1.82, 2.24) is 9.55 Å². The molecule has 0 fully saturated rings. The summed E-state index contributed by atoms with van der Waals surface area (Å²) in [6.45, 7) is 1.27. The first kappa shape index (κ1) is 19.7. The summed E-state index contributed by atoms with van der Waals surface area (Å²) < 4.78 is 43.5.